The molecule has 0 atom stereocenters. The van der Waals surface area contributed by atoms with Crippen molar-refractivity contribution in [3.05, 3.63) is 72.6 Å². The maximum Gasteiger partial charge on any atom is 0.321 e. The second-order valence-electron chi connectivity index (χ2n) is 6.29. The predicted octanol–water partition coefficient (Wildman–Crippen LogP) is 2.34. The van der Waals surface area contributed by atoms with Gasteiger partial charge in [0.15, 0.2) is 0 Å². The summed E-state index contributed by atoms with van der Waals surface area (Å²) in [6.45, 7) is 0.143. The molecule has 1 aliphatic rings. The third-order valence-electron chi connectivity index (χ3n) is 4.16. The third-order valence-corrected chi connectivity index (χ3v) is 5.56. The van der Waals surface area contributed by atoms with E-state index in [1.807, 2.05) is 0 Å². The summed E-state index contributed by atoms with van der Waals surface area (Å²) in [6.07, 6.45) is 3.26. The highest BCUT2D eigenvalue weighted by Crippen LogP contribution is 2.22. The van der Waals surface area contributed by atoms with Crippen molar-refractivity contribution in [2.45, 2.75) is 11.3 Å². The molecule has 0 fully saturated rings. The van der Waals surface area contributed by atoms with Gasteiger partial charge in [-0.1, -0.05) is 12.1 Å². The Labute approximate surface area is 172 Å². The number of aliphatic imine (C=N–C) groups is 1. The SMILES string of the molecule is O=C(CCN=C1NS(=O)(=O)c2ccccc21)Nc1ccc(Oc2ncccn2)cc1. The molecule has 2 N–H and O–H groups in total. The second-order valence-corrected chi connectivity index (χ2v) is 7.94. The molecule has 3 aromatic rings. The van der Waals surface area contributed by atoms with Gasteiger partial charge in [-0.25, -0.2) is 18.4 Å². The Morgan fingerprint density at radius 2 is 1.77 bits per heavy atom. The molecule has 1 aromatic heterocycles. The van der Waals surface area contributed by atoms with Crippen molar-refractivity contribution < 1.29 is 17.9 Å². The van der Waals surface area contributed by atoms with Crippen LogP contribution in [-0.4, -0.2) is 36.7 Å². The van der Waals surface area contributed by atoms with Crippen LogP contribution in [0.15, 0.2) is 76.9 Å². The van der Waals surface area contributed by atoms with Gasteiger partial charge in [-0.15, -0.1) is 0 Å². The number of carbonyl (C=O) groups is 1. The lowest BCUT2D eigenvalue weighted by Crippen LogP contribution is -2.23. The molecule has 4 rings (SSSR count). The van der Waals surface area contributed by atoms with Crippen LogP contribution in [0.2, 0.25) is 0 Å². The number of fused-ring (bicyclic) bond motifs is 1. The molecule has 0 saturated carbocycles. The Morgan fingerprint density at radius 1 is 1.03 bits per heavy atom. The topological polar surface area (TPSA) is 123 Å². The van der Waals surface area contributed by atoms with Gasteiger partial charge in [-0.05, 0) is 42.5 Å². The Kier molecular flexibility index (Phi) is 5.40. The highest BCUT2D eigenvalue weighted by atomic mass is 32.2. The fraction of sp³-hybridized carbons (Fsp3) is 0.100. The molecular formula is C20H17N5O4S. The van der Waals surface area contributed by atoms with E-state index in [0.29, 0.717) is 17.0 Å². The van der Waals surface area contributed by atoms with Crippen LogP contribution < -0.4 is 14.8 Å². The fourth-order valence-electron chi connectivity index (χ4n) is 2.79. The molecule has 1 aliphatic heterocycles. The fourth-order valence-corrected chi connectivity index (χ4v) is 4.04. The van der Waals surface area contributed by atoms with E-state index in [9.17, 15) is 13.2 Å². The van der Waals surface area contributed by atoms with Gasteiger partial charge in [0.1, 0.15) is 11.6 Å². The zero-order valence-corrected chi connectivity index (χ0v) is 16.5. The van der Waals surface area contributed by atoms with E-state index < -0.39 is 10.0 Å². The molecule has 1 amide bonds. The van der Waals surface area contributed by atoms with Crippen LogP contribution in [0, 0.1) is 0 Å². The van der Waals surface area contributed by atoms with Gasteiger partial charge in [-0.2, -0.15) is 0 Å². The van der Waals surface area contributed by atoms with E-state index in [1.54, 1.807) is 60.9 Å². The number of hydrogen-bond acceptors (Lipinski definition) is 7. The molecule has 152 valence electrons. The molecule has 2 aromatic carbocycles. The number of nitrogens with one attached hydrogen (secondary N) is 2. The van der Waals surface area contributed by atoms with Crippen molar-refractivity contribution in [3.8, 4) is 11.8 Å². The van der Waals surface area contributed by atoms with Gasteiger partial charge in [0, 0.05) is 30.1 Å². The van der Waals surface area contributed by atoms with Crippen molar-refractivity contribution in [1.29, 1.82) is 0 Å². The molecule has 0 radical (unpaired) electrons. The van der Waals surface area contributed by atoms with Crippen LogP contribution in [0.4, 0.5) is 5.69 Å². The number of amidine groups is 1. The van der Waals surface area contributed by atoms with Crippen LogP contribution in [0.25, 0.3) is 0 Å². The summed E-state index contributed by atoms with van der Waals surface area (Å²) in [5.74, 6) is 0.550. The van der Waals surface area contributed by atoms with E-state index in [2.05, 4.69) is 25.0 Å². The maximum atomic E-state index is 12.2. The molecule has 0 bridgehead atoms. The smallest absolute Gasteiger partial charge is 0.321 e. The predicted molar refractivity (Wildman–Crippen MR) is 110 cm³/mol. The first kappa shape index (κ1) is 19.5. The lowest BCUT2D eigenvalue weighted by atomic mass is 10.2. The van der Waals surface area contributed by atoms with Gasteiger partial charge >= 0.3 is 6.01 Å². The summed E-state index contributed by atoms with van der Waals surface area (Å²) in [7, 11) is -3.58. The third kappa shape index (κ3) is 4.44. The number of ether oxygens (including phenoxy) is 1. The van der Waals surface area contributed by atoms with Crippen molar-refractivity contribution in [2.75, 3.05) is 11.9 Å². The average Bonchev–Trinajstić information content (AvgIpc) is 3.01. The molecule has 30 heavy (non-hydrogen) atoms. The second kappa shape index (κ2) is 8.29. The van der Waals surface area contributed by atoms with Gasteiger partial charge in [0.2, 0.25) is 5.91 Å². The zero-order chi connectivity index (χ0) is 21.0. The van der Waals surface area contributed by atoms with Gasteiger partial charge in [-0.3, -0.25) is 14.5 Å². The normalized spacial score (nSPS) is 15.3. The van der Waals surface area contributed by atoms with E-state index in [-0.39, 0.29) is 35.6 Å². The molecule has 9 nitrogen and oxygen atoms in total. The van der Waals surface area contributed by atoms with E-state index in [0.717, 1.165) is 0 Å². The van der Waals surface area contributed by atoms with Gasteiger partial charge in [0.25, 0.3) is 10.0 Å². The van der Waals surface area contributed by atoms with E-state index in [1.165, 1.54) is 6.07 Å². The summed E-state index contributed by atoms with van der Waals surface area (Å²) < 4.78 is 32.0. The van der Waals surface area contributed by atoms with Crippen LogP contribution in [0.5, 0.6) is 11.8 Å². The monoisotopic (exact) mass is 423 g/mol. The highest BCUT2D eigenvalue weighted by Gasteiger charge is 2.29. The quantitative estimate of drug-likeness (QED) is 0.627. The first-order valence-corrected chi connectivity index (χ1v) is 10.5. The Balaban J connectivity index is 1.32. The standard InChI is InChI=1S/C20H17N5O4S/c26-18(10-13-21-19-16-4-1-2-5-17(16)30(27,28)25-19)24-14-6-8-15(9-7-14)29-20-22-11-3-12-23-20/h1-9,11-12H,10,13H2,(H,21,25)(H,24,26). The minimum absolute atomic E-state index is 0.101. The van der Waals surface area contributed by atoms with Crippen LogP contribution >= 0.6 is 0 Å². The van der Waals surface area contributed by atoms with Gasteiger partial charge in [0.05, 0.1) is 11.4 Å². The van der Waals surface area contributed by atoms with E-state index >= 15 is 0 Å². The molecular weight excluding hydrogens is 406 g/mol. The number of nitrogens with zero attached hydrogens (tertiary/aromatic N) is 3. The van der Waals surface area contributed by atoms with Crippen molar-refractivity contribution in [2.24, 2.45) is 4.99 Å². The Morgan fingerprint density at radius 3 is 2.53 bits per heavy atom. The summed E-state index contributed by atoms with van der Waals surface area (Å²) >= 11 is 0. The van der Waals surface area contributed by atoms with Crippen molar-refractivity contribution in [1.82, 2.24) is 14.7 Å². The first-order chi connectivity index (χ1) is 14.5. The summed E-state index contributed by atoms with van der Waals surface area (Å²) in [5.41, 5.74) is 1.11. The average molecular weight is 423 g/mol. The molecule has 0 aliphatic carbocycles. The lowest BCUT2D eigenvalue weighted by molar-refractivity contribution is -0.116. The van der Waals surface area contributed by atoms with Crippen LogP contribution in [0.1, 0.15) is 12.0 Å². The van der Waals surface area contributed by atoms with E-state index in [4.69, 9.17) is 4.74 Å². The Hall–Kier alpha value is -3.79. The number of benzene rings is 2. The molecule has 2 heterocycles. The van der Waals surface area contributed by atoms with Crippen LogP contribution in [-0.2, 0) is 14.8 Å². The van der Waals surface area contributed by atoms with Crippen molar-refractivity contribution in [3.63, 3.8) is 0 Å². The largest absolute Gasteiger partial charge is 0.424 e. The van der Waals surface area contributed by atoms with Gasteiger partial charge < -0.3 is 10.1 Å². The van der Waals surface area contributed by atoms with Crippen molar-refractivity contribution >= 4 is 27.5 Å². The number of rotatable bonds is 6. The zero-order valence-electron chi connectivity index (χ0n) is 15.6. The molecule has 0 saturated heterocycles. The number of carbonyl (C=O) groups excluding carboxylic acids is 1. The molecule has 0 spiro atoms. The van der Waals surface area contributed by atoms with Crippen LogP contribution in [0.3, 0.4) is 0 Å². The highest BCUT2D eigenvalue weighted by molar-refractivity contribution is 7.90. The first-order valence-electron chi connectivity index (χ1n) is 9.03. The summed E-state index contributed by atoms with van der Waals surface area (Å²) in [4.78, 5) is 24.5. The number of amides is 1. The Bertz CT molecular complexity index is 1200. The minimum atomic E-state index is -3.58. The lowest BCUT2D eigenvalue weighted by Gasteiger charge is -2.06. The summed E-state index contributed by atoms with van der Waals surface area (Å²) in [6, 6.07) is 15.3. The minimum Gasteiger partial charge on any atom is -0.424 e. The molecule has 10 heteroatoms. The number of sulfonamides is 1. The number of hydrogen-bond donors (Lipinski definition) is 2. The number of anilines is 1. The molecule has 0 unspecified atom stereocenters. The summed E-state index contributed by atoms with van der Waals surface area (Å²) in [5, 5.41) is 2.76. The number of aromatic nitrogens is 2. The maximum absolute atomic E-state index is 12.2.